The van der Waals surface area contributed by atoms with Crippen LogP contribution in [0.4, 0.5) is 5.69 Å². The van der Waals surface area contributed by atoms with Gasteiger partial charge < -0.3 is 24.2 Å². The first-order valence-corrected chi connectivity index (χ1v) is 11.6. The van der Waals surface area contributed by atoms with Crippen molar-refractivity contribution in [1.29, 1.82) is 0 Å². The fraction of sp³-hybridized carbons (Fsp3) is 0.143. The minimum absolute atomic E-state index is 0.199. The van der Waals surface area contributed by atoms with Gasteiger partial charge in [-0.25, -0.2) is 4.98 Å². The van der Waals surface area contributed by atoms with E-state index in [0.717, 1.165) is 16.3 Å². The lowest BCUT2D eigenvalue weighted by atomic mass is 10.1. The molecule has 5 aromatic rings. The molecule has 0 fully saturated rings. The molecule has 3 heterocycles. The molecule has 9 nitrogen and oxygen atoms in total. The predicted molar refractivity (Wildman–Crippen MR) is 137 cm³/mol. The van der Waals surface area contributed by atoms with Gasteiger partial charge in [-0.05, 0) is 54.8 Å². The highest BCUT2D eigenvalue weighted by Gasteiger charge is 2.15. The zero-order chi connectivity index (χ0) is 25.8. The Hall–Kier alpha value is -4.76. The van der Waals surface area contributed by atoms with Gasteiger partial charge in [0.15, 0.2) is 5.76 Å². The summed E-state index contributed by atoms with van der Waals surface area (Å²) in [5.74, 6) is 1.14. The Bertz CT molecular complexity index is 1570. The average molecular weight is 497 g/mol. The van der Waals surface area contributed by atoms with E-state index in [1.165, 1.54) is 0 Å². The van der Waals surface area contributed by atoms with E-state index in [2.05, 4.69) is 20.6 Å². The Morgan fingerprint density at radius 3 is 2.51 bits per heavy atom. The number of pyridine rings is 1. The number of carbonyl (C=O) groups excluding carboxylic acids is 2. The van der Waals surface area contributed by atoms with Crippen molar-refractivity contribution in [2.24, 2.45) is 0 Å². The molecule has 2 amide bonds. The number of benzene rings is 2. The summed E-state index contributed by atoms with van der Waals surface area (Å²) in [4.78, 5) is 33.8. The van der Waals surface area contributed by atoms with Crippen LogP contribution in [0.1, 0.15) is 38.3 Å². The number of anilines is 1. The number of hydrogen-bond donors (Lipinski definition) is 2. The molecule has 0 aliphatic heterocycles. The molecule has 0 saturated heterocycles. The van der Waals surface area contributed by atoms with Gasteiger partial charge in [0.1, 0.15) is 29.5 Å². The van der Waals surface area contributed by atoms with Crippen LogP contribution in [0.25, 0.3) is 22.2 Å². The number of rotatable bonds is 8. The van der Waals surface area contributed by atoms with Gasteiger partial charge in [-0.15, -0.1) is 0 Å². The fourth-order valence-electron chi connectivity index (χ4n) is 3.79. The van der Waals surface area contributed by atoms with E-state index in [1.807, 2.05) is 24.3 Å². The summed E-state index contributed by atoms with van der Waals surface area (Å²) in [6.45, 7) is 2.29. The molecule has 0 unspecified atom stereocenters. The monoisotopic (exact) mass is 496 g/mol. The second-order valence-electron chi connectivity index (χ2n) is 8.35. The van der Waals surface area contributed by atoms with Gasteiger partial charge in [0.25, 0.3) is 11.8 Å². The number of hydrogen-bond acceptors (Lipinski definition) is 7. The Balaban J connectivity index is 1.21. The largest absolute Gasteiger partial charge is 0.453 e. The maximum absolute atomic E-state index is 12.6. The summed E-state index contributed by atoms with van der Waals surface area (Å²) < 4.78 is 16.3. The molecule has 0 radical (unpaired) electrons. The number of carbonyl (C=O) groups is 2. The molecule has 2 N–H and O–H groups in total. The zero-order valence-electron chi connectivity index (χ0n) is 20.3. The maximum atomic E-state index is 12.6. The van der Waals surface area contributed by atoms with E-state index in [9.17, 15) is 9.59 Å². The van der Waals surface area contributed by atoms with Gasteiger partial charge in [-0.2, -0.15) is 0 Å². The molecule has 0 bridgehead atoms. The summed E-state index contributed by atoms with van der Waals surface area (Å²) in [6.07, 6.45) is 1.68. The standard InChI is InChI=1S/C28H24N4O5/c1-17-24(15-30-26(33)23-13-19-5-3-4-6-20(19)14-29-23)32-28(36-17)18-7-9-21(10-8-18)31-27(34)25-12-11-22(37-25)16-35-2/h3-14H,15-16H2,1-2H3,(H,30,33)(H,31,34). The van der Waals surface area contributed by atoms with Crippen molar-refractivity contribution in [1.82, 2.24) is 15.3 Å². The first-order valence-electron chi connectivity index (χ1n) is 11.6. The second kappa shape index (κ2) is 10.5. The number of aromatic nitrogens is 2. The Labute approximate surface area is 212 Å². The number of aryl methyl sites for hydroxylation is 1. The van der Waals surface area contributed by atoms with Gasteiger partial charge in [0.05, 0.1) is 6.54 Å². The van der Waals surface area contributed by atoms with Crippen molar-refractivity contribution >= 4 is 28.3 Å². The molecule has 2 aromatic carbocycles. The topological polar surface area (TPSA) is 119 Å². The van der Waals surface area contributed by atoms with Crippen LogP contribution in [0.3, 0.4) is 0 Å². The summed E-state index contributed by atoms with van der Waals surface area (Å²) in [5, 5.41) is 7.56. The Morgan fingerprint density at radius 2 is 1.73 bits per heavy atom. The van der Waals surface area contributed by atoms with Crippen LogP contribution in [-0.4, -0.2) is 28.9 Å². The van der Waals surface area contributed by atoms with Gasteiger partial charge in [-0.3, -0.25) is 14.6 Å². The molecular formula is C28H24N4O5. The normalized spacial score (nSPS) is 11.0. The summed E-state index contributed by atoms with van der Waals surface area (Å²) >= 11 is 0. The van der Waals surface area contributed by atoms with Gasteiger partial charge in [0.2, 0.25) is 5.89 Å². The van der Waals surface area contributed by atoms with E-state index in [4.69, 9.17) is 13.6 Å². The van der Waals surface area contributed by atoms with Crippen LogP contribution in [0, 0.1) is 6.92 Å². The van der Waals surface area contributed by atoms with Gasteiger partial charge in [0, 0.05) is 29.9 Å². The summed E-state index contributed by atoms with van der Waals surface area (Å²) in [7, 11) is 1.56. The average Bonchev–Trinajstić information content (AvgIpc) is 3.54. The molecule has 0 aliphatic rings. The van der Waals surface area contributed by atoms with E-state index < -0.39 is 0 Å². The molecule has 0 aliphatic carbocycles. The quantitative estimate of drug-likeness (QED) is 0.306. The predicted octanol–water partition coefficient (Wildman–Crippen LogP) is 5.12. The minimum Gasteiger partial charge on any atom is -0.453 e. The van der Waals surface area contributed by atoms with Crippen LogP contribution >= 0.6 is 0 Å². The number of amides is 2. The van der Waals surface area contributed by atoms with E-state index >= 15 is 0 Å². The first kappa shape index (κ1) is 24.0. The number of oxazole rings is 1. The summed E-state index contributed by atoms with van der Waals surface area (Å²) in [5.41, 5.74) is 2.28. The molecule has 186 valence electrons. The van der Waals surface area contributed by atoms with E-state index in [1.54, 1.807) is 62.7 Å². The van der Waals surface area contributed by atoms with E-state index in [-0.39, 0.29) is 24.1 Å². The van der Waals surface area contributed by atoms with Crippen molar-refractivity contribution in [3.05, 3.63) is 102 Å². The number of methoxy groups -OCH3 is 1. The van der Waals surface area contributed by atoms with Crippen LogP contribution in [0.15, 0.2) is 81.8 Å². The molecule has 37 heavy (non-hydrogen) atoms. The minimum atomic E-state index is -0.360. The smallest absolute Gasteiger partial charge is 0.291 e. The molecule has 5 rings (SSSR count). The Morgan fingerprint density at radius 1 is 0.946 bits per heavy atom. The summed E-state index contributed by atoms with van der Waals surface area (Å²) in [6, 6.07) is 19.9. The van der Waals surface area contributed by atoms with Crippen LogP contribution in [-0.2, 0) is 17.9 Å². The van der Waals surface area contributed by atoms with Crippen molar-refractivity contribution in [2.45, 2.75) is 20.1 Å². The lowest BCUT2D eigenvalue weighted by molar-refractivity contribution is 0.0944. The van der Waals surface area contributed by atoms with Gasteiger partial charge in [-0.1, -0.05) is 24.3 Å². The molecule has 0 saturated carbocycles. The SMILES string of the molecule is COCc1ccc(C(=O)Nc2ccc(-c3nc(CNC(=O)c4cc5ccccc5cn4)c(C)o3)cc2)o1. The van der Waals surface area contributed by atoms with E-state index in [0.29, 0.717) is 41.1 Å². The van der Waals surface area contributed by atoms with Gasteiger partial charge >= 0.3 is 0 Å². The van der Waals surface area contributed by atoms with Crippen molar-refractivity contribution in [3.8, 4) is 11.5 Å². The lowest BCUT2D eigenvalue weighted by Crippen LogP contribution is -2.24. The highest BCUT2D eigenvalue weighted by Crippen LogP contribution is 2.24. The molecular weight excluding hydrogens is 472 g/mol. The van der Waals surface area contributed by atoms with Crippen LogP contribution in [0.2, 0.25) is 0 Å². The third-order valence-corrected chi connectivity index (χ3v) is 5.73. The third-order valence-electron chi connectivity index (χ3n) is 5.73. The number of ether oxygens (including phenoxy) is 1. The second-order valence-corrected chi connectivity index (χ2v) is 8.35. The number of nitrogens with one attached hydrogen (secondary N) is 2. The van der Waals surface area contributed by atoms with Crippen LogP contribution in [0.5, 0.6) is 0 Å². The highest BCUT2D eigenvalue weighted by molar-refractivity contribution is 6.02. The number of furan rings is 1. The fourth-order valence-corrected chi connectivity index (χ4v) is 3.79. The molecule has 9 heteroatoms. The Kier molecular flexibility index (Phi) is 6.78. The molecule has 0 spiro atoms. The van der Waals surface area contributed by atoms with Crippen molar-refractivity contribution in [3.63, 3.8) is 0 Å². The zero-order valence-corrected chi connectivity index (χ0v) is 20.3. The first-order chi connectivity index (χ1) is 18.0. The van der Waals surface area contributed by atoms with Crippen molar-refractivity contribution < 1.29 is 23.2 Å². The van der Waals surface area contributed by atoms with Crippen LogP contribution < -0.4 is 10.6 Å². The lowest BCUT2D eigenvalue weighted by Gasteiger charge is -2.04. The van der Waals surface area contributed by atoms with Crippen molar-refractivity contribution in [2.75, 3.05) is 12.4 Å². The third kappa shape index (κ3) is 5.41. The maximum Gasteiger partial charge on any atom is 0.291 e. The number of nitrogens with zero attached hydrogens (tertiary/aromatic N) is 2. The highest BCUT2D eigenvalue weighted by atomic mass is 16.5. The number of fused-ring (bicyclic) bond motifs is 1. The molecule has 3 aromatic heterocycles. The molecule has 0 atom stereocenters.